The highest BCUT2D eigenvalue weighted by atomic mass is 16.5. The lowest BCUT2D eigenvalue weighted by atomic mass is 10.0. The molecule has 172 valence electrons. The fraction of sp³-hybridized carbons (Fsp3) is 0.591. The number of urea groups is 1. The predicted molar refractivity (Wildman–Crippen MR) is 118 cm³/mol. The van der Waals surface area contributed by atoms with Crippen molar-refractivity contribution >= 4 is 24.1 Å². The summed E-state index contributed by atoms with van der Waals surface area (Å²) in [4.78, 5) is 36.6. The van der Waals surface area contributed by atoms with Crippen LogP contribution in [0.25, 0.3) is 0 Å². The minimum atomic E-state index is -0.250. The molecule has 1 aromatic carbocycles. The van der Waals surface area contributed by atoms with E-state index in [1.165, 1.54) is 5.56 Å². The Labute approximate surface area is 183 Å². The number of nitrogens with one attached hydrogen (secondary N) is 2. The van der Waals surface area contributed by atoms with Crippen molar-refractivity contribution in [3.63, 3.8) is 0 Å². The molecular formula is C22H34N4O5. The van der Waals surface area contributed by atoms with Gasteiger partial charge in [-0.05, 0) is 30.0 Å². The van der Waals surface area contributed by atoms with E-state index in [1.807, 2.05) is 24.3 Å². The van der Waals surface area contributed by atoms with Gasteiger partial charge >= 0.3 is 6.03 Å². The third kappa shape index (κ3) is 7.52. The van der Waals surface area contributed by atoms with E-state index in [0.29, 0.717) is 25.0 Å². The van der Waals surface area contributed by atoms with Crippen LogP contribution in [0.1, 0.15) is 38.2 Å². The van der Waals surface area contributed by atoms with Crippen molar-refractivity contribution < 1.29 is 24.2 Å². The molecule has 2 saturated heterocycles. The summed E-state index contributed by atoms with van der Waals surface area (Å²) in [5, 5.41) is 12.9. The highest BCUT2D eigenvalue weighted by Gasteiger charge is 2.38. The Balaban J connectivity index is 0.00000107. The van der Waals surface area contributed by atoms with Gasteiger partial charge in [0, 0.05) is 45.0 Å². The Hall–Kier alpha value is -2.65. The Morgan fingerprint density at radius 2 is 1.90 bits per heavy atom. The number of fused-ring (bicyclic) bond motifs is 1. The van der Waals surface area contributed by atoms with Crippen LogP contribution in [-0.4, -0.2) is 85.3 Å². The van der Waals surface area contributed by atoms with E-state index in [2.05, 4.69) is 29.4 Å². The zero-order chi connectivity index (χ0) is 23.0. The number of morpholine rings is 1. The van der Waals surface area contributed by atoms with Gasteiger partial charge in [-0.15, -0.1) is 0 Å². The van der Waals surface area contributed by atoms with Gasteiger partial charge in [-0.1, -0.05) is 26.0 Å². The summed E-state index contributed by atoms with van der Waals surface area (Å²) in [6.07, 6.45) is 1.20. The van der Waals surface area contributed by atoms with Crippen molar-refractivity contribution in [3.8, 4) is 0 Å². The van der Waals surface area contributed by atoms with Crippen molar-refractivity contribution in [2.24, 2.45) is 0 Å². The zero-order valence-corrected chi connectivity index (χ0v) is 18.7. The number of carboxylic acid groups (broad SMARTS) is 1. The number of ether oxygens (including phenoxy) is 1. The van der Waals surface area contributed by atoms with Crippen molar-refractivity contribution in [1.29, 1.82) is 0 Å². The van der Waals surface area contributed by atoms with Crippen LogP contribution in [0.5, 0.6) is 0 Å². The number of amides is 3. The number of benzene rings is 1. The molecular weight excluding hydrogens is 400 g/mol. The lowest BCUT2D eigenvalue weighted by Crippen LogP contribution is -2.47. The molecule has 3 amide bonds. The molecule has 0 bridgehead atoms. The van der Waals surface area contributed by atoms with E-state index >= 15 is 0 Å². The second-order valence-electron chi connectivity index (χ2n) is 8.47. The normalized spacial score (nSPS) is 22.7. The summed E-state index contributed by atoms with van der Waals surface area (Å²) in [5.74, 6) is 0.554. The van der Waals surface area contributed by atoms with Crippen LogP contribution in [0.3, 0.4) is 0 Å². The van der Waals surface area contributed by atoms with E-state index in [-0.39, 0.29) is 30.6 Å². The first-order chi connectivity index (χ1) is 14.7. The Kier molecular flexibility index (Phi) is 9.26. The summed E-state index contributed by atoms with van der Waals surface area (Å²) in [7, 11) is 3.53. The summed E-state index contributed by atoms with van der Waals surface area (Å²) >= 11 is 0. The maximum Gasteiger partial charge on any atom is 0.319 e. The molecule has 0 aromatic heterocycles. The van der Waals surface area contributed by atoms with Crippen LogP contribution in [0, 0.1) is 0 Å². The van der Waals surface area contributed by atoms with E-state index in [0.717, 1.165) is 25.2 Å². The molecule has 0 unspecified atom stereocenters. The Morgan fingerprint density at radius 1 is 1.26 bits per heavy atom. The van der Waals surface area contributed by atoms with Crippen LogP contribution in [0.15, 0.2) is 24.3 Å². The summed E-state index contributed by atoms with van der Waals surface area (Å²) < 4.78 is 5.87. The molecule has 0 spiro atoms. The van der Waals surface area contributed by atoms with Gasteiger partial charge in [0.25, 0.3) is 6.47 Å². The van der Waals surface area contributed by atoms with Crippen LogP contribution in [-0.2, 0) is 14.3 Å². The summed E-state index contributed by atoms with van der Waals surface area (Å²) in [6, 6.07) is 8.18. The standard InChI is InChI=1S/C21H32N4O3.CH2O2/c1-14(2)15-5-7-16(8-6-15)22-21(27)23-17-9-18-13-28-19(12-25(18)11-17)10-20(26)24(3)4;2-1-3/h5-8,14,17-19H,9-13H2,1-4H3,(H2,22,23,27);1H,(H,2,3)/t17-,18+,19+;/m1./s1. The van der Waals surface area contributed by atoms with Crippen molar-refractivity contribution in [1.82, 2.24) is 15.1 Å². The van der Waals surface area contributed by atoms with Crippen molar-refractivity contribution in [2.75, 3.05) is 39.1 Å². The Bertz CT molecular complexity index is 738. The van der Waals surface area contributed by atoms with Crippen LogP contribution < -0.4 is 10.6 Å². The van der Waals surface area contributed by atoms with E-state index in [9.17, 15) is 9.59 Å². The molecule has 2 heterocycles. The van der Waals surface area contributed by atoms with Gasteiger partial charge in [0.15, 0.2) is 0 Å². The quantitative estimate of drug-likeness (QED) is 0.611. The second kappa shape index (κ2) is 11.7. The van der Waals surface area contributed by atoms with Gasteiger partial charge in [-0.3, -0.25) is 14.5 Å². The number of anilines is 1. The first-order valence-corrected chi connectivity index (χ1v) is 10.5. The molecule has 9 heteroatoms. The van der Waals surface area contributed by atoms with Crippen molar-refractivity contribution in [2.45, 2.75) is 50.8 Å². The number of carbonyl (C=O) groups excluding carboxylic acids is 2. The molecule has 0 aliphatic carbocycles. The molecule has 31 heavy (non-hydrogen) atoms. The third-order valence-corrected chi connectivity index (χ3v) is 5.56. The predicted octanol–water partition coefficient (Wildman–Crippen LogP) is 1.95. The van der Waals surface area contributed by atoms with Gasteiger partial charge in [-0.2, -0.15) is 0 Å². The molecule has 0 radical (unpaired) electrons. The number of carbonyl (C=O) groups is 3. The van der Waals surface area contributed by atoms with Crippen LogP contribution >= 0.6 is 0 Å². The average molecular weight is 435 g/mol. The topological polar surface area (TPSA) is 111 Å². The Morgan fingerprint density at radius 3 is 2.48 bits per heavy atom. The molecule has 2 fully saturated rings. The number of hydrogen-bond acceptors (Lipinski definition) is 5. The van der Waals surface area contributed by atoms with Crippen molar-refractivity contribution in [3.05, 3.63) is 29.8 Å². The molecule has 1 aromatic rings. The highest BCUT2D eigenvalue weighted by molar-refractivity contribution is 5.89. The van der Waals surface area contributed by atoms with E-state index < -0.39 is 0 Å². The van der Waals surface area contributed by atoms with Crippen LogP contribution in [0.4, 0.5) is 10.5 Å². The van der Waals surface area contributed by atoms with Gasteiger partial charge in [-0.25, -0.2) is 4.79 Å². The smallest absolute Gasteiger partial charge is 0.319 e. The SMILES string of the molecule is CC(C)c1ccc(NC(=O)N[C@@H]2C[C@H]3CO[C@@H](CC(=O)N(C)C)CN3C2)cc1.O=CO. The molecule has 3 N–H and O–H groups in total. The average Bonchev–Trinajstić information content (AvgIpc) is 3.10. The number of nitrogens with zero attached hydrogens (tertiary/aromatic N) is 2. The zero-order valence-electron chi connectivity index (χ0n) is 18.7. The molecule has 2 aliphatic heterocycles. The maximum atomic E-state index is 12.4. The first kappa shape index (κ1) is 24.6. The molecule has 0 saturated carbocycles. The molecule has 3 rings (SSSR count). The first-order valence-electron chi connectivity index (χ1n) is 10.5. The van der Waals surface area contributed by atoms with E-state index in [1.54, 1.807) is 19.0 Å². The third-order valence-electron chi connectivity index (χ3n) is 5.56. The molecule has 3 atom stereocenters. The van der Waals surface area contributed by atoms with Crippen LogP contribution in [0.2, 0.25) is 0 Å². The maximum absolute atomic E-state index is 12.4. The minimum Gasteiger partial charge on any atom is -0.483 e. The van der Waals surface area contributed by atoms with Gasteiger partial charge in [0.2, 0.25) is 5.91 Å². The molecule has 2 aliphatic rings. The number of rotatable bonds is 5. The lowest BCUT2D eigenvalue weighted by molar-refractivity contribution is -0.134. The largest absolute Gasteiger partial charge is 0.483 e. The lowest BCUT2D eigenvalue weighted by Gasteiger charge is -2.35. The second-order valence-corrected chi connectivity index (χ2v) is 8.47. The minimum absolute atomic E-state index is 0.0711. The van der Waals surface area contributed by atoms with Gasteiger partial charge in [0.1, 0.15) is 0 Å². The highest BCUT2D eigenvalue weighted by Crippen LogP contribution is 2.25. The summed E-state index contributed by atoms with van der Waals surface area (Å²) in [5.41, 5.74) is 2.05. The van der Waals surface area contributed by atoms with Gasteiger partial charge in [0.05, 0.1) is 19.1 Å². The fourth-order valence-corrected chi connectivity index (χ4v) is 3.85. The summed E-state index contributed by atoms with van der Waals surface area (Å²) in [6.45, 7) is 6.19. The molecule has 9 nitrogen and oxygen atoms in total. The van der Waals surface area contributed by atoms with Gasteiger partial charge < -0.3 is 25.4 Å². The van der Waals surface area contributed by atoms with E-state index in [4.69, 9.17) is 14.6 Å². The number of hydrogen-bond donors (Lipinski definition) is 3. The fourth-order valence-electron chi connectivity index (χ4n) is 3.85. The monoisotopic (exact) mass is 434 g/mol.